The number of rotatable bonds is 8. The number of nitrogens with zero attached hydrogens (tertiary/aromatic N) is 2. The monoisotopic (exact) mass is 558 g/mol. The Bertz CT molecular complexity index is 1200. The van der Waals surface area contributed by atoms with Crippen LogP contribution in [0.2, 0.25) is 0 Å². The Morgan fingerprint density at radius 2 is 1.95 bits per heavy atom. The second-order valence-electron chi connectivity index (χ2n) is 10.2. The zero-order valence-electron chi connectivity index (χ0n) is 21.1. The minimum absolute atomic E-state index is 0.0203. The van der Waals surface area contributed by atoms with Crippen LogP contribution in [0.25, 0.3) is 0 Å². The number of sulfone groups is 1. The molecule has 2 aliphatic heterocycles. The summed E-state index contributed by atoms with van der Waals surface area (Å²) in [5.74, 6) is 0.187. The number of hydrogen-bond donors (Lipinski definition) is 2. The number of nitrogens with one attached hydrogen (secondary N) is 2. The Morgan fingerprint density at radius 1 is 1.24 bits per heavy atom. The Balaban J connectivity index is 1.35. The molecule has 0 spiro atoms. The number of carbonyl (C=O) groups excluding carboxylic acids is 1. The van der Waals surface area contributed by atoms with E-state index in [9.17, 15) is 26.4 Å². The molecule has 3 atom stereocenters. The molecule has 0 bridgehead atoms. The van der Waals surface area contributed by atoms with Crippen LogP contribution >= 0.6 is 11.3 Å². The second kappa shape index (κ2) is 11.0. The number of benzene rings is 1. The third kappa shape index (κ3) is 6.52. The lowest BCUT2D eigenvalue weighted by molar-refractivity contribution is -0.162. The van der Waals surface area contributed by atoms with Gasteiger partial charge in [-0.1, -0.05) is 32.9 Å². The number of alkyl halides is 3. The summed E-state index contributed by atoms with van der Waals surface area (Å²) < 4.78 is 62.8. The third-order valence-electron chi connectivity index (χ3n) is 7.06. The van der Waals surface area contributed by atoms with Crippen molar-refractivity contribution in [2.24, 2.45) is 11.8 Å². The molecule has 1 aromatic carbocycles. The molecule has 3 heterocycles. The van der Waals surface area contributed by atoms with Gasteiger partial charge in [0.05, 0.1) is 28.8 Å². The molecule has 2 aliphatic rings. The largest absolute Gasteiger partial charge is 0.403 e. The first kappa shape index (κ1) is 28.0. The van der Waals surface area contributed by atoms with E-state index < -0.39 is 22.1 Å². The molecule has 0 unspecified atom stereocenters. The van der Waals surface area contributed by atoms with Crippen LogP contribution in [0.3, 0.4) is 0 Å². The summed E-state index contributed by atoms with van der Waals surface area (Å²) >= 11 is 1.43. The first-order chi connectivity index (χ1) is 17.4. The third-order valence-corrected chi connectivity index (χ3v) is 9.78. The molecule has 12 heteroatoms. The van der Waals surface area contributed by atoms with Crippen molar-refractivity contribution in [3.63, 3.8) is 0 Å². The van der Waals surface area contributed by atoms with Crippen LogP contribution in [0.1, 0.15) is 55.8 Å². The van der Waals surface area contributed by atoms with Gasteiger partial charge in [-0.15, -0.1) is 11.3 Å². The highest BCUT2D eigenvalue weighted by Gasteiger charge is 2.43. The summed E-state index contributed by atoms with van der Waals surface area (Å²) in [5, 5.41) is 6.06. The van der Waals surface area contributed by atoms with E-state index in [1.165, 1.54) is 23.5 Å². The molecule has 4 rings (SSSR count). The van der Waals surface area contributed by atoms with Gasteiger partial charge in [0, 0.05) is 18.0 Å². The van der Waals surface area contributed by atoms with E-state index in [1.807, 2.05) is 0 Å². The van der Waals surface area contributed by atoms with Crippen LogP contribution in [0.5, 0.6) is 0 Å². The summed E-state index contributed by atoms with van der Waals surface area (Å²) in [6.07, 6.45) is -3.47. The van der Waals surface area contributed by atoms with Crippen molar-refractivity contribution in [1.29, 1.82) is 0 Å². The highest BCUT2D eigenvalue weighted by atomic mass is 32.2. The lowest BCUT2D eigenvalue weighted by Gasteiger charge is -2.35. The van der Waals surface area contributed by atoms with Gasteiger partial charge < -0.3 is 10.6 Å². The lowest BCUT2D eigenvalue weighted by atomic mass is 9.93. The molecule has 204 valence electrons. The number of hydrogen-bond acceptors (Lipinski definition) is 7. The standard InChI is InChI=1S/C25H33F3N4O3S2/c1-4-37(34,35)18-8-5-16(6-9-18)11-21(33)30-24-31-22-19(36-24)14-32(23(22)15(2)3)13-17-7-10-20(29-12-17)25(26,27)28/h5-6,8-9,15,17,20,23,29H,4,7,10-14H2,1-3H3,(H,30,31,33)/t17-,20-,23+/m1/s1. The van der Waals surface area contributed by atoms with Gasteiger partial charge in [0.2, 0.25) is 5.91 Å². The van der Waals surface area contributed by atoms with E-state index in [-0.39, 0.29) is 47.3 Å². The van der Waals surface area contributed by atoms with Gasteiger partial charge in [0.15, 0.2) is 15.0 Å². The van der Waals surface area contributed by atoms with E-state index in [0.29, 0.717) is 36.8 Å². The highest BCUT2D eigenvalue weighted by Crippen LogP contribution is 2.43. The maximum absolute atomic E-state index is 13.0. The molecular weight excluding hydrogens is 525 g/mol. The molecular formula is C25H33F3N4O3S2. The predicted octanol–water partition coefficient (Wildman–Crippen LogP) is 4.56. The van der Waals surface area contributed by atoms with Crippen LogP contribution in [-0.4, -0.2) is 55.3 Å². The van der Waals surface area contributed by atoms with Crippen LogP contribution in [-0.2, 0) is 27.6 Å². The molecule has 37 heavy (non-hydrogen) atoms. The van der Waals surface area contributed by atoms with Gasteiger partial charge >= 0.3 is 6.18 Å². The average molecular weight is 559 g/mol. The maximum Gasteiger partial charge on any atom is 0.403 e. The van der Waals surface area contributed by atoms with E-state index >= 15 is 0 Å². The second-order valence-corrected chi connectivity index (χ2v) is 13.5. The summed E-state index contributed by atoms with van der Waals surface area (Å²) in [6, 6.07) is 4.96. The Morgan fingerprint density at radius 3 is 2.51 bits per heavy atom. The zero-order valence-corrected chi connectivity index (χ0v) is 22.8. The molecule has 1 fully saturated rings. The summed E-state index contributed by atoms with van der Waals surface area (Å²) in [6.45, 7) is 7.51. The van der Waals surface area contributed by atoms with Gasteiger partial charge in [-0.3, -0.25) is 9.69 Å². The number of amides is 1. The van der Waals surface area contributed by atoms with Crippen LogP contribution < -0.4 is 10.6 Å². The molecule has 7 nitrogen and oxygen atoms in total. The SMILES string of the molecule is CCS(=O)(=O)c1ccc(CC(=O)Nc2nc3c(s2)CN(C[C@@H]2CC[C@H](C(F)(F)F)NC2)[C@H]3C(C)C)cc1. The molecule has 0 saturated carbocycles. The molecule has 1 saturated heterocycles. The number of piperidine rings is 1. The quantitative estimate of drug-likeness (QED) is 0.494. The summed E-state index contributed by atoms with van der Waals surface area (Å²) in [5.41, 5.74) is 1.64. The van der Waals surface area contributed by atoms with E-state index in [1.54, 1.807) is 19.1 Å². The topological polar surface area (TPSA) is 91.4 Å². The van der Waals surface area contributed by atoms with E-state index in [2.05, 4.69) is 29.4 Å². The first-order valence-corrected chi connectivity index (χ1v) is 15.0. The lowest BCUT2D eigenvalue weighted by Crippen LogP contribution is -2.49. The number of halogens is 3. The van der Waals surface area contributed by atoms with Crippen molar-refractivity contribution in [1.82, 2.24) is 15.2 Å². The van der Waals surface area contributed by atoms with E-state index in [0.717, 1.165) is 10.6 Å². The smallest absolute Gasteiger partial charge is 0.306 e. The number of thiazole rings is 1. The first-order valence-electron chi connectivity index (χ1n) is 12.5. The summed E-state index contributed by atoms with van der Waals surface area (Å²) in [7, 11) is -3.29. The van der Waals surface area contributed by atoms with Gasteiger partial charge in [0.1, 0.15) is 6.04 Å². The number of fused-ring (bicyclic) bond motifs is 1. The van der Waals surface area contributed by atoms with Crippen molar-refractivity contribution in [3.05, 3.63) is 40.4 Å². The average Bonchev–Trinajstić information content (AvgIpc) is 3.35. The van der Waals surface area contributed by atoms with Crippen molar-refractivity contribution in [3.8, 4) is 0 Å². The Hall–Kier alpha value is -2.02. The molecule has 1 aromatic heterocycles. The number of carbonyl (C=O) groups is 1. The van der Waals surface area contributed by atoms with Gasteiger partial charge in [-0.05, 0) is 48.9 Å². The number of aromatic nitrogens is 1. The van der Waals surface area contributed by atoms with Gasteiger partial charge in [-0.25, -0.2) is 13.4 Å². The summed E-state index contributed by atoms with van der Waals surface area (Å²) in [4.78, 5) is 21.0. The maximum atomic E-state index is 13.0. The van der Waals surface area contributed by atoms with Crippen molar-refractivity contribution in [2.45, 2.75) is 69.7 Å². The molecule has 0 aliphatic carbocycles. The zero-order chi connectivity index (χ0) is 27.0. The molecule has 2 aromatic rings. The minimum Gasteiger partial charge on any atom is -0.306 e. The van der Waals surface area contributed by atoms with Crippen LogP contribution in [0.4, 0.5) is 18.3 Å². The molecule has 0 radical (unpaired) electrons. The normalized spacial score (nSPS) is 22.8. The molecule has 2 N–H and O–H groups in total. The number of anilines is 1. The Labute approximate surface area is 219 Å². The van der Waals surface area contributed by atoms with Gasteiger partial charge in [-0.2, -0.15) is 13.2 Å². The fourth-order valence-corrected chi connectivity index (χ4v) is 7.07. The minimum atomic E-state index is -4.20. The van der Waals surface area contributed by atoms with Crippen LogP contribution in [0.15, 0.2) is 29.2 Å². The predicted molar refractivity (Wildman–Crippen MR) is 137 cm³/mol. The fraction of sp³-hybridized carbons (Fsp3) is 0.600. The van der Waals surface area contributed by atoms with Crippen LogP contribution in [0, 0.1) is 11.8 Å². The molecule has 1 amide bonds. The van der Waals surface area contributed by atoms with Gasteiger partial charge in [0.25, 0.3) is 0 Å². The Kier molecular flexibility index (Phi) is 8.32. The van der Waals surface area contributed by atoms with Crippen molar-refractivity contribution < 1.29 is 26.4 Å². The van der Waals surface area contributed by atoms with Crippen molar-refractivity contribution in [2.75, 3.05) is 24.2 Å². The van der Waals surface area contributed by atoms with E-state index in [4.69, 9.17) is 4.98 Å². The fourth-order valence-electron chi connectivity index (χ4n) is 5.15. The highest BCUT2D eigenvalue weighted by molar-refractivity contribution is 7.91. The van der Waals surface area contributed by atoms with Crippen molar-refractivity contribution >= 4 is 32.2 Å².